The van der Waals surface area contributed by atoms with Crippen molar-refractivity contribution >= 4 is 33.0 Å². The molecule has 2 rings (SSSR count). The number of nitrogens with two attached hydrogens (primary N) is 1. The number of nitrogens with zero attached hydrogens (tertiary/aromatic N) is 1. The number of likely N-dealkylation sites (tertiary alicyclic amines) is 1. The molecule has 7 heteroatoms. The van der Waals surface area contributed by atoms with Gasteiger partial charge in [0, 0.05) is 25.1 Å². The molecular weight excluding hydrogens is 308 g/mol. The smallest absolute Gasteiger partial charge is 0.222 e. The molecule has 0 bridgehead atoms. The molecule has 1 aliphatic rings. The van der Waals surface area contributed by atoms with Gasteiger partial charge in [-0.25, -0.2) is 8.42 Å². The maximum absolute atomic E-state index is 12.3. The average molecular weight is 326 g/mol. The van der Waals surface area contributed by atoms with Crippen molar-refractivity contribution in [1.29, 1.82) is 0 Å². The van der Waals surface area contributed by atoms with Crippen molar-refractivity contribution in [3.63, 3.8) is 0 Å². The Balaban J connectivity index is 2.05. The van der Waals surface area contributed by atoms with E-state index in [0.29, 0.717) is 24.4 Å². The van der Waals surface area contributed by atoms with Gasteiger partial charge in [0.2, 0.25) is 5.91 Å². The second kappa shape index (κ2) is 6.11. The topological polar surface area (TPSA) is 80.5 Å². The molecule has 1 amide bonds. The Morgan fingerprint density at radius 3 is 2.48 bits per heavy atom. The molecule has 0 radical (unpaired) electrons. The number of amides is 1. The highest BCUT2D eigenvalue weighted by Gasteiger charge is 2.27. The van der Waals surface area contributed by atoms with Crippen molar-refractivity contribution in [2.24, 2.45) is 11.7 Å². The summed E-state index contributed by atoms with van der Waals surface area (Å²) in [6, 6.07) is 6.19. The van der Waals surface area contributed by atoms with Crippen LogP contribution in [-0.4, -0.2) is 43.1 Å². The molecular formula is C14H18N2O3S2. The van der Waals surface area contributed by atoms with Gasteiger partial charge in [0.05, 0.1) is 10.6 Å². The van der Waals surface area contributed by atoms with Gasteiger partial charge in [-0.2, -0.15) is 0 Å². The van der Waals surface area contributed by atoms with Gasteiger partial charge in [-0.3, -0.25) is 4.79 Å². The third-order valence-corrected chi connectivity index (χ3v) is 5.48. The van der Waals surface area contributed by atoms with E-state index in [1.54, 1.807) is 17.0 Å². The summed E-state index contributed by atoms with van der Waals surface area (Å²) in [6.07, 6.45) is 0.503. The van der Waals surface area contributed by atoms with Gasteiger partial charge < -0.3 is 10.6 Å². The zero-order valence-corrected chi connectivity index (χ0v) is 13.4. The minimum Gasteiger partial charge on any atom is -0.389 e. The van der Waals surface area contributed by atoms with E-state index in [2.05, 4.69) is 0 Å². The first-order valence-corrected chi connectivity index (χ1v) is 8.76. The van der Waals surface area contributed by atoms with E-state index in [0.717, 1.165) is 0 Å². The van der Waals surface area contributed by atoms with Crippen molar-refractivity contribution in [3.8, 4) is 0 Å². The van der Waals surface area contributed by atoms with Gasteiger partial charge in [-0.05, 0) is 18.1 Å². The van der Waals surface area contributed by atoms with Crippen LogP contribution in [0.15, 0.2) is 29.2 Å². The SMILES string of the molecule is CC1CC(=O)N(CCS(=O)(=O)c2ccc(C(N)=S)cc2)C1. The molecule has 1 atom stereocenters. The Hall–Kier alpha value is -1.47. The van der Waals surface area contributed by atoms with Crippen molar-refractivity contribution < 1.29 is 13.2 Å². The molecule has 21 heavy (non-hydrogen) atoms. The predicted molar refractivity (Wildman–Crippen MR) is 84.7 cm³/mol. The predicted octanol–water partition coefficient (Wildman–Crippen LogP) is 0.963. The van der Waals surface area contributed by atoms with Crippen LogP contribution >= 0.6 is 12.2 Å². The molecule has 1 unspecified atom stereocenters. The van der Waals surface area contributed by atoms with Gasteiger partial charge >= 0.3 is 0 Å². The fourth-order valence-corrected chi connectivity index (χ4v) is 3.74. The van der Waals surface area contributed by atoms with Crippen LogP contribution in [0.4, 0.5) is 0 Å². The van der Waals surface area contributed by atoms with E-state index in [9.17, 15) is 13.2 Å². The molecule has 1 aliphatic heterocycles. The Morgan fingerprint density at radius 2 is 2.00 bits per heavy atom. The first kappa shape index (κ1) is 15.9. The monoisotopic (exact) mass is 326 g/mol. The molecule has 1 saturated heterocycles. The lowest BCUT2D eigenvalue weighted by Gasteiger charge is -2.16. The fourth-order valence-electron chi connectivity index (χ4n) is 2.36. The number of carbonyl (C=O) groups excluding carboxylic acids is 1. The van der Waals surface area contributed by atoms with E-state index in [1.165, 1.54) is 12.1 Å². The highest BCUT2D eigenvalue weighted by atomic mass is 32.2. The second-order valence-corrected chi connectivity index (χ2v) is 7.91. The number of benzene rings is 1. The maximum Gasteiger partial charge on any atom is 0.222 e. The molecule has 1 fully saturated rings. The third-order valence-electron chi connectivity index (χ3n) is 3.54. The first-order chi connectivity index (χ1) is 9.79. The summed E-state index contributed by atoms with van der Waals surface area (Å²) < 4.78 is 24.5. The largest absolute Gasteiger partial charge is 0.389 e. The van der Waals surface area contributed by atoms with Crippen molar-refractivity contribution in [2.75, 3.05) is 18.8 Å². The molecule has 1 heterocycles. The Morgan fingerprint density at radius 1 is 1.38 bits per heavy atom. The van der Waals surface area contributed by atoms with Crippen molar-refractivity contribution in [1.82, 2.24) is 4.90 Å². The zero-order valence-electron chi connectivity index (χ0n) is 11.8. The van der Waals surface area contributed by atoms with E-state index in [4.69, 9.17) is 18.0 Å². The molecule has 1 aromatic rings. The second-order valence-electron chi connectivity index (χ2n) is 5.36. The molecule has 0 aliphatic carbocycles. The molecule has 2 N–H and O–H groups in total. The summed E-state index contributed by atoms with van der Waals surface area (Å²) in [7, 11) is -3.41. The molecule has 0 aromatic heterocycles. The van der Waals surface area contributed by atoms with Crippen LogP contribution in [0.3, 0.4) is 0 Å². The lowest BCUT2D eigenvalue weighted by atomic mass is 10.2. The number of rotatable bonds is 5. The Bertz CT molecular complexity index is 653. The van der Waals surface area contributed by atoms with Crippen LogP contribution in [0.1, 0.15) is 18.9 Å². The number of thiocarbonyl (C=S) groups is 1. The highest BCUT2D eigenvalue weighted by molar-refractivity contribution is 7.91. The number of carbonyl (C=O) groups is 1. The lowest BCUT2D eigenvalue weighted by Crippen LogP contribution is -2.30. The molecule has 1 aromatic carbocycles. The summed E-state index contributed by atoms with van der Waals surface area (Å²) in [6.45, 7) is 2.86. The standard InChI is InChI=1S/C14H18N2O3S2/c1-10-8-13(17)16(9-10)6-7-21(18,19)12-4-2-11(3-5-12)14(15)20/h2-5,10H,6-9H2,1H3,(H2,15,20). The van der Waals surface area contributed by atoms with E-state index >= 15 is 0 Å². The lowest BCUT2D eigenvalue weighted by molar-refractivity contribution is -0.127. The van der Waals surface area contributed by atoms with Crippen LogP contribution in [0.25, 0.3) is 0 Å². The minimum atomic E-state index is -3.41. The minimum absolute atomic E-state index is 0.0292. The number of hydrogen-bond donors (Lipinski definition) is 1. The van der Waals surface area contributed by atoms with Gasteiger partial charge in [-0.15, -0.1) is 0 Å². The summed E-state index contributed by atoms with van der Waals surface area (Å²) in [5.74, 6) is 0.254. The molecule has 0 saturated carbocycles. The average Bonchev–Trinajstić information content (AvgIpc) is 2.75. The quantitative estimate of drug-likeness (QED) is 0.815. The van der Waals surface area contributed by atoms with Crippen LogP contribution in [0.5, 0.6) is 0 Å². The fraction of sp³-hybridized carbons (Fsp3) is 0.429. The third kappa shape index (κ3) is 3.79. The van der Waals surface area contributed by atoms with Gasteiger partial charge in [0.1, 0.15) is 4.99 Å². The van der Waals surface area contributed by atoms with Gasteiger partial charge in [-0.1, -0.05) is 31.3 Å². The molecule has 0 spiro atoms. The van der Waals surface area contributed by atoms with Crippen LogP contribution in [0.2, 0.25) is 0 Å². The normalized spacial score (nSPS) is 19.0. The summed E-state index contributed by atoms with van der Waals surface area (Å²) in [5, 5.41) is 0. The van der Waals surface area contributed by atoms with E-state index in [1.807, 2.05) is 6.92 Å². The number of sulfone groups is 1. The Labute approximate surface area is 130 Å². The summed E-state index contributed by atoms with van der Waals surface area (Å²) >= 11 is 4.83. The number of hydrogen-bond acceptors (Lipinski definition) is 4. The maximum atomic E-state index is 12.3. The van der Waals surface area contributed by atoms with Gasteiger partial charge in [0.25, 0.3) is 0 Å². The summed E-state index contributed by atoms with van der Waals surface area (Å²) in [4.78, 5) is 13.7. The Kier molecular flexibility index (Phi) is 4.63. The highest BCUT2D eigenvalue weighted by Crippen LogP contribution is 2.18. The van der Waals surface area contributed by atoms with Crippen LogP contribution < -0.4 is 5.73 Å². The first-order valence-electron chi connectivity index (χ1n) is 6.70. The van der Waals surface area contributed by atoms with Crippen LogP contribution in [-0.2, 0) is 14.6 Å². The summed E-state index contributed by atoms with van der Waals surface area (Å²) in [5.41, 5.74) is 6.11. The van der Waals surface area contributed by atoms with E-state index < -0.39 is 9.84 Å². The van der Waals surface area contributed by atoms with Crippen LogP contribution in [0, 0.1) is 5.92 Å². The van der Waals surface area contributed by atoms with E-state index in [-0.39, 0.29) is 28.1 Å². The zero-order chi connectivity index (χ0) is 15.6. The molecule has 114 valence electrons. The van der Waals surface area contributed by atoms with Crippen molar-refractivity contribution in [3.05, 3.63) is 29.8 Å². The molecule has 5 nitrogen and oxygen atoms in total. The van der Waals surface area contributed by atoms with Gasteiger partial charge in [0.15, 0.2) is 9.84 Å². The van der Waals surface area contributed by atoms with Crippen molar-refractivity contribution in [2.45, 2.75) is 18.2 Å².